The fourth-order valence-electron chi connectivity index (χ4n) is 2.62. The second-order valence-corrected chi connectivity index (χ2v) is 8.88. The Bertz CT molecular complexity index is 1080. The van der Waals surface area contributed by atoms with Crippen LogP contribution in [0.2, 0.25) is 0 Å². The van der Waals surface area contributed by atoms with Gasteiger partial charge in [-0.3, -0.25) is 4.72 Å². The number of thiocarbonyl (C=S) groups is 1. The predicted octanol–water partition coefficient (Wildman–Crippen LogP) is 4.59. The molecule has 0 bridgehead atoms. The molecular formula is C22H23N3O2S2. The van der Waals surface area contributed by atoms with Crippen molar-refractivity contribution in [3.05, 3.63) is 89.5 Å². The smallest absolute Gasteiger partial charge is 0.261 e. The molecule has 0 aromatic heterocycles. The summed E-state index contributed by atoms with van der Waals surface area (Å²) in [4.78, 5) is 0.229. The molecule has 0 unspecified atom stereocenters. The van der Waals surface area contributed by atoms with Gasteiger partial charge >= 0.3 is 0 Å². The number of aryl methyl sites for hydroxylation is 2. The molecule has 150 valence electrons. The van der Waals surface area contributed by atoms with E-state index in [9.17, 15) is 8.42 Å². The van der Waals surface area contributed by atoms with Crippen LogP contribution >= 0.6 is 12.2 Å². The van der Waals surface area contributed by atoms with Crippen molar-refractivity contribution in [3.8, 4) is 0 Å². The van der Waals surface area contributed by atoms with Crippen molar-refractivity contribution in [2.45, 2.75) is 25.3 Å². The van der Waals surface area contributed by atoms with Gasteiger partial charge in [0.15, 0.2) is 5.11 Å². The minimum absolute atomic E-state index is 0.229. The van der Waals surface area contributed by atoms with Gasteiger partial charge in [0.1, 0.15) is 0 Å². The van der Waals surface area contributed by atoms with Crippen molar-refractivity contribution in [2.75, 3.05) is 10.0 Å². The van der Waals surface area contributed by atoms with Gasteiger partial charge in [-0.2, -0.15) is 0 Å². The topological polar surface area (TPSA) is 70.2 Å². The molecule has 3 rings (SSSR count). The minimum Gasteiger partial charge on any atom is -0.358 e. The average molecular weight is 426 g/mol. The highest BCUT2D eigenvalue weighted by atomic mass is 32.2. The van der Waals surface area contributed by atoms with Gasteiger partial charge in [0.2, 0.25) is 0 Å². The zero-order valence-electron chi connectivity index (χ0n) is 16.3. The lowest BCUT2D eigenvalue weighted by Gasteiger charge is -2.12. The maximum Gasteiger partial charge on any atom is 0.261 e. The molecule has 5 nitrogen and oxygen atoms in total. The number of anilines is 2. The van der Waals surface area contributed by atoms with Crippen LogP contribution in [0.15, 0.2) is 77.7 Å². The first-order valence-corrected chi connectivity index (χ1v) is 11.0. The molecule has 0 aliphatic rings. The van der Waals surface area contributed by atoms with E-state index >= 15 is 0 Å². The molecule has 7 heteroatoms. The number of sulfonamides is 1. The first-order chi connectivity index (χ1) is 13.8. The number of benzene rings is 3. The van der Waals surface area contributed by atoms with E-state index < -0.39 is 10.0 Å². The molecule has 3 aromatic carbocycles. The Morgan fingerprint density at radius 1 is 0.793 bits per heavy atom. The van der Waals surface area contributed by atoms with E-state index in [4.69, 9.17) is 12.2 Å². The van der Waals surface area contributed by atoms with E-state index in [1.54, 1.807) is 48.5 Å². The standard InChI is InChI=1S/C22H23N3O2S2/c1-16-3-7-18(8-4-16)15-23-22(28)24-19-9-11-20(12-10-19)25-29(26,27)21-13-5-17(2)6-14-21/h3-14,25H,15H2,1-2H3,(H2,23,24,28). The maximum absolute atomic E-state index is 12.5. The average Bonchev–Trinajstić information content (AvgIpc) is 2.69. The summed E-state index contributed by atoms with van der Waals surface area (Å²) in [5, 5.41) is 6.75. The minimum atomic E-state index is -3.62. The second kappa shape index (κ2) is 9.07. The molecule has 0 atom stereocenters. The Kier molecular flexibility index (Phi) is 6.51. The SMILES string of the molecule is Cc1ccc(CNC(=S)Nc2ccc(NS(=O)(=O)c3ccc(C)cc3)cc2)cc1. The summed E-state index contributed by atoms with van der Waals surface area (Å²) in [5.41, 5.74) is 4.61. The molecule has 0 aliphatic heterocycles. The van der Waals surface area contributed by atoms with Crippen LogP contribution in [0.5, 0.6) is 0 Å². The molecule has 0 spiro atoms. The van der Waals surface area contributed by atoms with Gasteiger partial charge in [-0.05, 0) is 68.0 Å². The van der Waals surface area contributed by atoms with Crippen LogP contribution in [0.4, 0.5) is 11.4 Å². The van der Waals surface area contributed by atoms with Crippen LogP contribution in [0.1, 0.15) is 16.7 Å². The number of hydrogen-bond acceptors (Lipinski definition) is 3. The molecule has 3 aromatic rings. The molecule has 0 saturated carbocycles. The number of nitrogens with one attached hydrogen (secondary N) is 3. The first kappa shape index (κ1) is 20.8. The third-order valence-corrected chi connectivity index (χ3v) is 5.94. The van der Waals surface area contributed by atoms with E-state index in [0.717, 1.165) is 16.8 Å². The Morgan fingerprint density at radius 2 is 1.31 bits per heavy atom. The summed E-state index contributed by atoms with van der Waals surface area (Å²) in [7, 11) is -3.62. The molecule has 0 saturated heterocycles. The molecule has 0 radical (unpaired) electrons. The van der Waals surface area contributed by atoms with Crippen molar-refractivity contribution in [3.63, 3.8) is 0 Å². The van der Waals surface area contributed by atoms with Crippen molar-refractivity contribution in [2.24, 2.45) is 0 Å². The zero-order chi connectivity index (χ0) is 20.9. The summed E-state index contributed by atoms with van der Waals surface area (Å²) in [6.07, 6.45) is 0. The summed E-state index contributed by atoms with van der Waals surface area (Å²) < 4.78 is 27.5. The van der Waals surface area contributed by atoms with Gasteiger partial charge in [0.05, 0.1) is 4.90 Å². The normalized spacial score (nSPS) is 11.0. The fourth-order valence-corrected chi connectivity index (χ4v) is 3.87. The predicted molar refractivity (Wildman–Crippen MR) is 123 cm³/mol. The van der Waals surface area contributed by atoms with Gasteiger partial charge in [-0.1, -0.05) is 47.5 Å². The van der Waals surface area contributed by atoms with E-state index in [2.05, 4.69) is 39.6 Å². The molecular weight excluding hydrogens is 402 g/mol. The van der Waals surface area contributed by atoms with Gasteiger partial charge in [-0.25, -0.2) is 8.42 Å². The van der Waals surface area contributed by atoms with E-state index in [1.165, 1.54) is 5.56 Å². The van der Waals surface area contributed by atoms with Gasteiger partial charge in [-0.15, -0.1) is 0 Å². The molecule has 0 fully saturated rings. The van der Waals surface area contributed by atoms with Crippen LogP contribution < -0.4 is 15.4 Å². The summed E-state index contributed by atoms with van der Waals surface area (Å²) in [6.45, 7) is 4.59. The first-order valence-electron chi connectivity index (χ1n) is 9.12. The maximum atomic E-state index is 12.5. The molecule has 0 amide bonds. The third-order valence-electron chi connectivity index (χ3n) is 4.30. The zero-order valence-corrected chi connectivity index (χ0v) is 17.9. The fraction of sp³-hybridized carbons (Fsp3) is 0.136. The summed E-state index contributed by atoms with van der Waals surface area (Å²) in [6, 6.07) is 21.9. The lowest BCUT2D eigenvalue weighted by molar-refractivity contribution is 0.601. The van der Waals surface area contributed by atoms with Gasteiger partial charge < -0.3 is 10.6 Å². The largest absolute Gasteiger partial charge is 0.358 e. The monoisotopic (exact) mass is 425 g/mol. The highest BCUT2D eigenvalue weighted by Gasteiger charge is 2.13. The second-order valence-electron chi connectivity index (χ2n) is 6.79. The molecule has 3 N–H and O–H groups in total. The van der Waals surface area contributed by atoms with Gasteiger partial charge in [0.25, 0.3) is 10.0 Å². The Labute approximate surface area is 177 Å². The summed E-state index contributed by atoms with van der Waals surface area (Å²) >= 11 is 5.32. The van der Waals surface area contributed by atoms with E-state index in [-0.39, 0.29) is 4.90 Å². The lowest BCUT2D eigenvalue weighted by atomic mass is 10.1. The molecule has 0 aliphatic carbocycles. The quantitative estimate of drug-likeness (QED) is 0.504. The van der Waals surface area contributed by atoms with E-state index in [1.807, 2.05) is 13.8 Å². The van der Waals surface area contributed by atoms with Crippen LogP contribution in [0.3, 0.4) is 0 Å². The van der Waals surface area contributed by atoms with Crippen molar-refractivity contribution in [1.82, 2.24) is 5.32 Å². The van der Waals surface area contributed by atoms with Crippen molar-refractivity contribution >= 4 is 38.7 Å². The summed E-state index contributed by atoms with van der Waals surface area (Å²) in [5.74, 6) is 0. The molecule has 0 heterocycles. The van der Waals surface area contributed by atoms with Crippen LogP contribution in [-0.4, -0.2) is 13.5 Å². The number of hydrogen-bond donors (Lipinski definition) is 3. The highest BCUT2D eigenvalue weighted by Crippen LogP contribution is 2.19. The van der Waals surface area contributed by atoms with Crippen LogP contribution in [-0.2, 0) is 16.6 Å². The van der Waals surface area contributed by atoms with E-state index in [0.29, 0.717) is 17.3 Å². The molecule has 29 heavy (non-hydrogen) atoms. The van der Waals surface area contributed by atoms with Crippen LogP contribution in [0.25, 0.3) is 0 Å². The lowest BCUT2D eigenvalue weighted by Crippen LogP contribution is -2.27. The third kappa shape index (κ3) is 6.04. The Morgan fingerprint density at radius 3 is 1.90 bits per heavy atom. The number of rotatable bonds is 6. The Hall–Kier alpha value is -2.90. The van der Waals surface area contributed by atoms with Crippen molar-refractivity contribution < 1.29 is 8.42 Å². The van der Waals surface area contributed by atoms with Crippen LogP contribution in [0, 0.1) is 13.8 Å². The van der Waals surface area contributed by atoms with Crippen molar-refractivity contribution in [1.29, 1.82) is 0 Å². The van der Waals surface area contributed by atoms with Gasteiger partial charge in [0, 0.05) is 17.9 Å². The Balaban J connectivity index is 1.56. The highest BCUT2D eigenvalue weighted by molar-refractivity contribution is 7.92.